The zero-order valence-electron chi connectivity index (χ0n) is 12.5. The first-order valence-corrected chi connectivity index (χ1v) is 17.3. The zero-order valence-corrected chi connectivity index (χ0v) is 16.9. The van der Waals surface area contributed by atoms with Gasteiger partial charge in [-0.3, -0.25) is 4.98 Å². The van der Waals surface area contributed by atoms with Gasteiger partial charge in [-0.25, -0.2) is 0 Å². The molecular formula is C18H17Cl2N2Sn-. The summed E-state index contributed by atoms with van der Waals surface area (Å²) in [6, 6.07) is 25.5. The minimum absolute atomic E-state index is 0.279. The molecule has 1 heterocycles. The summed E-state index contributed by atoms with van der Waals surface area (Å²) in [6.07, 6.45) is 1.70. The second-order valence-electron chi connectivity index (χ2n) is 4.80. The smallest absolute Gasteiger partial charge is 0.0270 e. The molecule has 0 atom stereocenters. The standard InChI is InChI=1S/C6H7N2.2C6H5.2ClH.Sn/c7-5-6-3-1-2-4-8-6;2*1-2-4-6-5-3-1;;;/h1-4,7H,5H2;2*1-5H;2*1H;/q-1;;;;;+2/p-2. The van der Waals surface area contributed by atoms with Gasteiger partial charge in [-0.1, -0.05) is 6.07 Å². The summed E-state index contributed by atoms with van der Waals surface area (Å²) in [5.74, 6) is 0. The van der Waals surface area contributed by atoms with Crippen LogP contribution in [-0.4, -0.2) is 21.1 Å². The fourth-order valence-corrected chi connectivity index (χ4v) is 9.78. The third-order valence-electron chi connectivity index (χ3n) is 3.18. The van der Waals surface area contributed by atoms with Gasteiger partial charge in [-0.2, -0.15) is 0 Å². The molecule has 5 heteroatoms. The summed E-state index contributed by atoms with van der Waals surface area (Å²) >= 11 is -3.30. The monoisotopic (exact) mass is 451 g/mol. The van der Waals surface area contributed by atoms with E-state index >= 15 is 0 Å². The Balaban J connectivity index is 0.000000203. The third-order valence-corrected chi connectivity index (χ3v) is 15.1. The maximum Gasteiger partial charge on any atom is 0.0270 e. The average molecular weight is 451 g/mol. The van der Waals surface area contributed by atoms with Crippen molar-refractivity contribution in [3.8, 4) is 0 Å². The molecule has 0 aliphatic heterocycles. The maximum atomic E-state index is 6.88. The Kier molecular flexibility index (Phi) is 7.37. The van der Waals surface area contributed by atoms with E-state index in [0.717, 1.165) is 12.9 Å². The van der Waals surface area contributed by atoms with Crippen LogP contribution < -0.4 is 7.16 Å². The van der Waals surface area contributed by atoms with Gasteiger partial charge in [-0.15, -0.1) is 6.54 Å². The van der Waals surface area contributed by atoms with Crippen LogP contribution in [0.15, 0.2) is 85.1 Å². The van der Waals surface area contributed by atoms with Crippen molar-refractivity contribution < 1.29 is 0 Å². The van der Waals surface area contributed by atoms with E-state index in [9.17, 15) is 0 Å². The summed E-state index contributed by atoms with van der Waals surface area (Å²) in [6.45, 7) is 0.279. The molecule has 0 saturated carbocycles. The molecule has 3 rings (SSSR count). The Hall–Kier alpha value is -1.07. The van der Waals surface area contributed by atoms with Crippen LogP contribution in [0.2, 0.25) is 0 Å². The van der Waals surface area contributed by atoms with Gasteiger partial charge in [0.1, 0.15) is 0 Å². The number of nitrogens with one attached hydrogen (secondary N) is 1. The molecule has 118 valence electrons. The van der Waals surface area contributed by atoms with Crippen molar-refractivity contribution in [2.45, 2.75) is 6.54 Å². The fraction of sp³-hybridized carbons (Fsp3) is 0.0556. The van der Waals surface area contributed by atoms with E-state index in [0.29, 0.717) is 0 Å². The maximum absolute atomic E-state index is 6.88. The van der Waals surface area contributed by atoms with Gasteiger partial charge in [0.2, 0.25) is 0 Å². The topological polar surface area (TPSA) is 36.7 Å². The average Bonchev–Trinajstić information content (AvgIpc) is 2.64. The zero-order chi connectivity index (χ0) is 16.5. The van der Waals surface area contributed by atoms with Crippen LogP contribution in [0.25, 0.3) is 5.73 Å². The second kappa shape index (κ2) is 9.28. The molecule has 0 fully saturated rings. The van der Waals surface area contributed by atoms with Gasteiger partial charge in [0.05, 0.1) is 0 Å². The molecule has 3 aromatic rings. The predicted molar refractivity (Wildman–Crippen MR) is 102 cm³/mol. The van der Waals surface area contributed by atoms with E-state index in [-0.39, 0.29) is 6.54 Å². The summed E-state index contributed by atoms with van der Waals surface area (Å²) < 4.78 is 2.20. The number of benzene rings is 2. The van der Waals surface area contributed by atoms with Crippen molar-refractivity contribution in [2.24, 2.45) is 0 Å². The molecule has 0 spiro atoms. The molecule has 0 radical (unpaired) electrons. The van der Waals surface area contributed by atoms with Crippen LogP contribution in [0.3, 0.4) is 0 Å². The molecular weight excluding hydrogens is 434 g/mol. The largest absolute Gasteiger partial charge is 0.672 e. The van der Waals surface area contributed by atoms with Gasteiger partial charge >= 0.3 is 102 Å². The number of aromatic nitrogens is 1. The van der Waals surface area contributed by atoms with Gasteiger partial charge < -0.3 is 5.73 Å². The Bertz CT molecular complexity index is 650. The molecule has 1 aromatic heterocycles. The number of hydrogen-bond acceptors (Lipinski definition) is 1. The van der Waals surface area contributed by atoms with Gasteiger partial charge in [0.15, 0.2) is 0 Å². The minimum Gasteiger partial charge on any atom is -0.672 e. The van der Waals surface area contributed by atoms with Crippen molar-refractivity contribution in [1.82, 2.24) is 4.98 Å². The predicted octanol–water partition coefficient (Wildman–Crippen LogP) is 4.35. The second-order valence-corrected chi connectivity index (χ2v) is 20.3. The van der Waals surface area contributed by atoms with Crippen molar-refractivity contribution in [1.29, 1.82) is 0 Å². The quantitative estimate of drug-likeness (QED) is 0.546. The van der Waals surface area contributed by atoms with E-state index in [1.807, 2.05) is 78.9 Å². The van der Waals surface area contributed by atoms with E-state index in [2.05, 4.69) is 4.98 Å². The van der Waals surface area contributed by atoms with Crippen LogP contribution >= 0.6 is 17.8 Å². The summed E-state index contributed by atoms with van der Waals surface area (Å²) in [4.78, 5) is 3.91. The van der Waals surface area contributed by atoms with E-state index in [1.54, 1.807) is 6.20 Å². The molecule has 2 nitrogen and oxygen atoms in total. The normalized spacial score (nSPS) is 10.6. The first-order chi connectivity index (χ1) is 11.1. The summed E-state index contributed by atoms with van der Waals surface area (Å²) in [7, 11) is 13.1. The molecule has 1 N–H and O–H groups in total. The van der Waals surface area contributed by atoms with Crippen molar-refractivity contribution in [2.75, 3.05) is 0 Å². The van der Waals surface area contributed by atoms with Crippen LogP contribution in [0.4, 0.5) is 0 Å². The molecule has 0 saturated heterocycles. The van der Waals surface area contributed by atoms with Crippen LogP contribution in [0.1, 0.15) is 5.69 Å². The first kappa shape index (κ1) is 18.3. The fourth-order valence-electron chi connectivity index (χ4n) is 1.96. The summed E-state index contributed by atoms with van der Waals surface area (Å²) in [5.41, 5.74) is 7.71. The number of rotatable bonds is 3. The molecule has 0 aliphatic rings. The Labute approximate surface area is 148 Å². The molecule has 0 aliphatic carbocycles. The van der Waals surface area contributed by atoms with E-state index in [4.69, 9.17) is 23.6 Å². The van der Waals surface area contributed by atoms with E-state index in [1.165, 1.54) is 0 Å². The minimum atomic E-state index is -3.30. The molecule has 0 bridgehead atoms. The van der Waals surface area contributed by atoms with Gasteiger partial charge in [0.25, 0.3) is 0 Å². The number of hydrogen-bond donors (Lipinski definition) is 0. The third kappa shape index (κ3) is 5.50. The Morgan fingerprint density at radius 1 is 0.739 bits per heavy atom. The van der Waals surface area contributed by atoms with E-state index < -0.39 is 16.1 Å². The van der Waals surface area contributed by atoms with Crippen LogP contribution in [0, 0.1) is 0 Å². The number of nitrogens with zero attached hydrogens (tertiary/aromatic N) is 1. The molecule has 23 heavy (non-hydrogen) atoms. The Morgan fingerprint density at radius 2 is 1.22 bits per heavy atom. The number of halogens is 2. The van der Waals surface area contributed by atoms with Crippen molar-refractivity contribution in [3.63, 3.8) is 0 Å². The number of pyridine rings is 1. The first-order valence-electron chi connectivity index (χ1n) is 7.18. The molecule has 2 aromatic carbocycles. The Morgan fingerprint density at radius 3 is 1.57 bits per heavy atom. The summed E-state index contributed by atoms with van der Waals surface area (Å²) in [5, 5.41) is 0. The van der Waals surface area contributed by atoms with Gasteiger partial charge in [0, 0.05) is 11.9 Å². The van der Waals surface area contributed by atoms with Crippen LogP contribution in [0.5, 0.6) is 0 Å². The van der Waals surface area contributed by atoms with Crippen LogP contribution in [-0.2, 0) is 6.54 Å². The van der Waals surface area contributed by atoms with Crippen molar-refractivity contribution in [3.05, 3.63) is 96.5 Å². The van der Waals surface area contributed by atoms with Gasteiger partial charge in [-0.05, 0) is 12.1 Å². The van der Waals surface area contributed by atoms with Crippen molar-refractivity contribution >= 4 is 41.1 Å². The molecule has 0 amide bonds. The molecule has 0 unspecified atom stereocenters. The SMILES string of the molecule is [Cl][Sn]([Cl])([c]1ccccc1)[c]1ccccc1.[NH-]Cc1ccccn1.